The van der Waals surface area contributed by atoms with Crippen molar-refractivity contribution in [3.63, 3.8) is 0 Å². The molecule has 2 aromatic rings. The van der Waals surface area contributed by atoms with Gasteiger partial charge < -0.3 is 9.64 Å². The molecule has 1 aliphatic heterocycles. The van der Waals surface area contributed by atoms with Crippen LogP contribution in [-0.4, -0.2) is 56.2 Å². The van der Waals surface area contributed by atoms with E-state index in [-0.39, 0.29) is 24.8 Å². The fourth-order valence-electron chi connectivity index (χ4n) is 3.33. The number of likely N-dealkylation sites (N-methyl/N-ethyl adjacent to an activating group) is 1. The van der Waals surface area contributed by atoms with Crippen molar-refractivity contribution in [1.82, 2.24) is 9.80 Å². The molecule has 0 bridgehead atoms. The molecular weight excluding hydrogens is 393 g/mol. The van der Waals surface area contributed by atoms with Crippen molar-refractivity contribution in [3.05, 3.63) is 64.7 Å². The van der Waals surface area contributed by atoms with Gasteiger partial charge in [0, 0.05) is 39.1 Å². The van der Waals surface area contributed by atoms with Gasteiger partial charge in [0.25, 0.3) is 0 Å². The maximum Gasteiger partial charge on any atom is 0.122 e. The highest BCUT2D eigenvalue weighted by atomic mass is 35.5. The van der Waals surface area contributed by atoms with Crippen molar-refractivity contribution in [3.8, 4) is 11.8 Å². The number of aryl methyl sites for hydroxylation is 1. The van der Waals surface area contributed by atoms with E-state index in [2.05, 4.69) is 48.0 Å². The van der Waals surface area contributed by atoms with Crippen molar-refractivity contribution in [2.45, 2.75) is 13.3 Å². The van der Waals surface area contributed by atoms with Crippen molar-refractivity contribution >= 4 is 24.8 Å². The second-order valence-corrected chi connectivity index (χ2v) is 7.05. The smallest absolute Gasteiger partial charge is 0.122 e. The van der Waals surface area contributed by atoms with E-state index in [4.69, 9.17) is 4.74 Å². The Balaban J connectivity index is 0.00000196. The summed E-state index contributed by atoms with van der Waals surface area (Å²) < 4.78 is 6.13. The van der Waals surface area contributed by atoms with Crippen LogP contribution in [0.25, 0.3) is 0 Å². The molecule has 0 aromatic heterocycles. The van der Waals surface area contributed by atoms with E-state index in [9.17, 15) is 5.26 Å². The summed E-state index contributed by atoms with van der Waals surface area (Å²) in [6.07, 6.45) is 0.718. The molecule has 0 saturated carbocycles. The highest BCUT2D eigenvalue weighted by molar-refractivity contribution is 5.85. The molecule has 0 unspecified atom stereocenters. The van der Waals surface area contributed by atoms with Crippen molar-refractivity contribution in [1.29, 1.82) is 5.26 Å². The maximum absolute atomic E-state index is 9.33. The number of nitriles is 1. The van der Waals surface area contributed by atoms with Crippen molar-refractivity contribution in [2.75, 3.05) is 46.4 Å². The summed E-state index contributed by atoms with van der Waals surface area (Å²) in [4.78, 5) is 4.82. The fourth-order valence-corrected chi connectivity index (χ4v) is 3.33. The molecule has 0 aliphatic carbocycles. The van der Waals surface area contributed by atoms with Gasteiger partial charge in [-0.05, 0) is 37.2 Å². The lowest BCUT2D eigenvalue weighted by Crippen LogP contribution is -2.45. The summed E-state index contributed by atoms with van der Waals surface area (Å²) in [5.41, 5.74) is 4.13. The number of benzene rings is 2. The highest BCUT2D eigenvalue weighted by Gasteiger charge is 2.14. The van der Waals surface area contributed by atoms with E-state index in [1.807, 2.05) is 24.3 Å². The van der Waals surface area contributed by atoms with Gasteiger partial charge in [-0.2, -0.15) is 5.26 Å². The largest absolute Gasteiger partial charge is 0.492 e. The number of hydrogen-bond acceptors (Lipinski definition) is 4. The number of ether oxygens (including phenoxy) is 1. The minimum Gasteiger partial charge on any atom is -0.492 e. The molecule has 0 amide bonds. The standard InChI is InChI=1S/C22H27N3O.2ClH/c1-18-7-8-22(26-14-13-25-11-9-24(2)10-12-25)21(15-18)16-19-5-3-4-6-20(19)17-23;;/h3-8,15H,9-14,16H2,1-2H3;2*1H. The van der Waals surface area contributed by atoms with E-state index in [0.29, 0.717) is 6.61 Å². The molecule has 152 valence electrons. The molecule has 1 heterocycles. The summed E-state index contributed by atoms with van der Waals surface area (Å²) >= 11 is 0. The number of halogens is 2. The molecule has 4 nitrogen and oxygen atoms in total. The Bertz CT molecular complexity index is 784. The Kier molecular flexibility index (Phi) is 10.3. The molecule has 3 rings (SSSR count). The van der Waals surface area contributed by atoms with E-state index < -0.39 is 0 Å². The van der Waals surface area contributed by atoms with E-state index in [1.165, 1.54) is 5.56 Å². The van der Waals surface area contributed by atoms with Crippen LogP contribution in [0.1, 0.15) is 22.3 Å². The average molecular weight is 422 g/mol. The van der Waals surface area contributed by atoms with Crippen LogP contribution in [0.4, 0.5) is 0 Å². The van der Waals surface area contributed by atoms with Crippen LogP contribution in [0.15, 0.2) is 42.5 Å². The summed E-state index contributed by atoms with van der Waals surface area (Å²) in [7, 11) is 2.17. The van der Waals surface area contributed by atoms with Gasteiger partial charge in [0.1, 0.15) is 12.4 Å². The third-order valence-electron chi connectivity index (χ3n) is 5.00. The van der Waals surface area contributed by atoms with Crippen LogP contribution in [-0.2, 0) is 6.42 Å². The van der Waals surface area contributed by atoms with E-state index in [0.717, 1.165) is 61.6 Å². The minimum atomic E-state index is 0. The second-order valence-electron chi connectivity index (χ2n) is 7.05. The third-order valence-corrected chi connectivity index (χ3v) is 5.00. The van der Waals surface area contributed by atoms with Gasteiger partial charge in [0.15, 0.2) is 0 Å². The zero-order valence-corrected chi connectivity index (χ0v) is 18.2. The lowest BCUT2D eigenvalue weighted by molar-refractivity contribution is 0.133. The Labute approximate surface area is 180 Å². The first-order valence-electron chi connectivity index (χ1n) is 9.27. The van der Waals surface area contributed by atoms with Crippen LogP contribution in [0, 0.1) is 18.3 Å². The van der Waals surface area contributed by atoms with Gasteiger partial charge in [-0.15, -0.1) is 24.8 Å². The third kappa shape index (κ3) is 6.68. The van der Waals surface area contributed by atoms with Crippen molar-refractivity contribution in [2.24, 2.45) is 0 Å². The molecule has 6 heteroatoms. The average Bonchev–Trinajstić information content (AvgIpc) is 2.65. The quantitative estimate of drug-likeness (QED) is 0.708. The van der Waals surface area contributed by atoms with Gasteiger partial charge in [0.05, 0.1) is 11.6 Å². The van der Waals surface area contributed by atoms with Gasteiger partial charge in [-0.25, -0.2) is 0 Å². The normalized spacial score (nSPS) is 14.5. The van der Waals surface area contributed by atoms with Gasteiger partial charge in [-0.1, -0.05) is 35.9 Å². The van der Waals surface area contributed by atoms with E-state index >= 15 is 0 Å². The van der Waals surface area contributed by atoms with Gasteiger partial charge in [0.2, 0.25) is 0 Å². The fraction of sp³-hybridized carbons (Fsp3) is 0.409. The molecule has 0 atom stereocenters. The van der Waals surface area contributed by atoms with Crippen LogP contribution >= 0.6 is 24.8 Å². The molecular formula is C22H29Cl2N3O. The van der Waals surface area contributed by atoms with E-state index in [1.54, 1.807) is 0 Å². The van der Waals surface area contributed by atoms with Crippen LogP contribution in [0.3, 0.4) is 0 Å². The minimum absolute atomic E-state index is 0. The Morgan fingerprint density at radius 1 is 1.00 bits per heavy atom. The summed E-state index contributed by atoms with van der Waals surface area (Å²) in [5, 5.41) is 9.33. The number of hydrogen-bond donors (Lipinski definition) is 0. The predicted octanol–water partition coefficient (Wildman–Crippen LogP) is 3.93. The Hall–Kier alpha value is -1.77. The molecule has 0 N–H and O–H groups in total. The molecule has 1 aliphatic rings. The van der Waals surface area contributed by atoms with Gasteiger partial charge >= 0.3 is 0 Å². The molecule has 1 fully saturated rings. The summed E-state index contributed by atoms with van der Waals surface area (Å²) in [6, 6.07) is 16.4. The molecule has 2 aromatic carbocycles. The summed E-state index contributed by atoms with van der Waals surface area (Å²) in [6.45, 7) is 8.21. The van der Waals surface area contributed by atoms with Crippen LogP contribution < -0.4 is 4.74 Å². The monoisotopic (exact) mass is 421 g/mol. The number of nitrogens with zero attached hydrogens (tertiary/aromatic N) is 3. The zero-order valence-electron chi connectivity index (χ0n) is 16.6. The first-order valence-corrected chi connectivity index (χ1v) is 9.27. The number of piperazine rings is 1. The first-order chi connectivity index (χ1) is 12.7. The Morgan fingerprint density at radius 2 is 1.71 bits per heavy atom. The maximum atomic E-state index is 9.33. The SMILES string of the molecule is Cc1ccc(OCCN2CCN(C)CC2)c(Cc2ccccc2C#N)c1.Cl.Cl. The molecule has 0 spiro atoms. The zero-order chi connectivity index (χ0) is 18.4. The lowest BCUT2D eigenvalue weighted by Gasteiger charge is -2.32. The second kappa shape index (κ2) is 11.9. The first kappa shape index (κ1) is 24.3. The summed E-state index contributed by atoms with van der Waals surface area (Å²) in [5.74, 6) is 0.928. The number of rotatable bonds is 6. The topological polar surface area (TPSA) is 39.5 Å². The predicted molar refractivity (Wildman–Crippen MR) is 119 cm³/mol. The molecule has 1 saturated heterocycles. The van der Waals surface area contributed by atoms with Crippen LogP contribution in [0.5, 0.6) is 5.75 Å². The highest BCUT2D eigenvalue weighted by Crippen LogP contribution is 2.24. The Morgan fingerprint density at radius 3 is 2.43 bits per heavy atom. The molecule has 0 radical (unpaired) electrons. The van der Waals surface area contributed by atoms with Crippen LogP contribution in [0.2, 0.25) is 0 Å². The van der Waals surface area contributed by atoms with Gasteiger partial charge in [-0.3, -0.25) is 4.90 Å². The lowest BCUT2D eigenvalue weighted by atomic mass is 9.98. The molecule has 28 heavy (non-hydrogen) atoms. The van der Waals surface area contributed by atoms with Crippen molar-refractivity contribution < 1.29 is 4.74 Å².